The zero-order chi connectivity index (χ0) is 18.9. The van der Waals surface area contributed by atoms with Crippen molar-refractivity contribution in [2.45, 2.75) is 39.5 Å². The zero-order valence-electron chi connectivity index (χ0n) is 15.6. The Morgan fingerprint density at radius 2 is 1.31 bits per heavy atom. The summed E-state index contributed by atoms with van der Waals surface area (Å²) in [5.74, 6) is -1.32. The van der Waals surface area contributed by atoms with Crippen molar-refractivity contribution in [2.24, 2.45) is 0 Å². The number of hydrogen-bond acceptors (Lipinski definition) is 3. The molecule has 0 radical (unpaired) electrons. The number of unbranched alkanes of at least 4 members (excludes halogenated alkanes) is 2. The predicted molar refractivity (Wildman–Crippen MR) is 105 cm³/mol. The summed E-state index contributed by atoms with van der Waals surface area (Å²) >= 11 is 0. The second kappa shape index (κ2) is 9.76. The highest BCUT2D eigenvalue weighted by Crippen LogP contribution is 2.25. The summed E-state index contributed by atoms with van der Waals surface area (Å²) in [6, 6.07) is 13.9. The summed E-state index contributed by atoms with van der Waals surface area (Å²) in [5.41, 5.74) is 1.73. The second-order valence-corrected chi connectivity index (χ2v) is 6.39. The van der Waals surface area contributed by atoms with Gasteiger partial charge in [0.05, 0.1) is 5.56 Å². The first-order valence-electron chi connectivity index (χ1n) is 9.31. The number of aromatic carboxylic acids is 1. The molecule has 26 heavy (non-hydrogen) atoms. The van der Waals surface area contributed by atoms with E-state index in [9.17, 15) is 14.7 Å². The molecular formula is C22H27NO3. The lowest BCUT2D eigenvalue weighted by atomic mass is 9.96. The van der Waals surface area contributed by atoms with Crippen LogP contribution in [0.25, 0.3) is 0 Å². The fourth-order valence-corrected chi connectivity index (χ4v) is 3.00. The van der Waals surface area contributed by atoms with E-state index in [2.05, 4.69) is 18.7 Å². The average Bonchev–Trinajstić information content (AvgIpc) is 2.67. The first kappa shape index (κ1) is 19.7. The summed E-state index contributed by atoms with van der Waals surface area (Å²) in [7, 11) is 0. The number of hydrogen-bond donors (Lipinski definition) is 1. The number of para-hydroxylation sites is 1. The highest BCUT2D eigenvalue weighted by Gasteiger charge is 2.21. The van der Waals surface area contributed by atoms with Gasteiger partial charge in [-0.1, -0.05) is 57.0 Å². The first-order valence-corrected chi connectivity index (χ1v) is 9.31. The molecule has 4 heteroatoms. The van der Waals surface area contributed by atoms with Crippen LogP contribution in [0, 0.1) is 0 Å². The monoisotopic (exact) mass is 353 g/mol. The molecule has 0 aliphatic carbocycles. The molecule has 4 nitrogen and oxygen atoms in total. The summed E-state index contributed by atoms with van der Waals surface area (Å²) in [4.78, 5) is 26.9. The molecular weight excluding hydrogens is 326 g/mol. The number of carbonyl (C=O) groups excluding carboxylic acids is 1. The lowest BCUT2D eigenvalue weighted by Crippen LogP contribution is -2.27. The molecule has 0 aliphatic rings. The van der Waals surface area contributed by atoms with E-state index in [-0.39, 0.29) is 16.9 Å². The van der Waals surface area contributed by atoms with Crippen molar-refractivity contribution in [3.63, 3.8) is 0 Å². The van der Waals surface area contributed by atoms with Crippen LogP contribution in [0.3, 0.4) is 0 Å². The molecule has 0 saturated carbocycles. The van der Waals surface area contributed by atoms with Gasteiger partial charge in [-0.05, 0) is 31.0 Å². The maximum atomic E-state index is 13.2. The van der Waals surface area contributed by atoms with Crippen LogP contribution in [0.4, 0.5) is 5.69 Å². The van der Waals surface area contributed by atoms with Gasteiger partial charge in [-0.25, -0.2) is 4.79 Å². The molecule has 138 valence electrons. The van der Waals surface area contributed by atoms with Crippen LogP contribution in [-0.4, -0.2) is 29.9 Å². The highest BCUT2D eigenvalue weighted by molar-refractivity contribution is 6.16. The number of carbonyl (C=O) groups is 2. The van der Waals surface area contributed by atoms with E-state index in [1.54, 1.807) is 24.3 Å². The maximum absolute atomic E-state index is 13.2. The molecule has 0 bridgehead atoms. The van der Waals surface area contributed by atoms with E-state index in [0.29, 0.717) is 5.56 Å². The van der Waals surface area contributed by atoms with Crippen LogP contribution in [0.1, 0.15) is 65.8 Å². The number of anilines is 1. The van der Waals surface area contributed by atoms with Crippen LogP contribution in [0.2, 0.25) is 0 Å². The summed E-state index contributed by atoms with van der Waals surface area (Å²) in [6.45, 7) is 6.08. The molecule has 0 aliphatic heterocycles. The fourth-order valence-electron chi connectivity index (χ4n) is 3.00. The van der Waals surface area contributed by atoms with Crippen molar-refractivity contribution in [3.05, 3.63) is 65.2 Å². The largest absolute Gasteiger partial charge is 0.478 e. The average molecular weight is 353 g/mol. The molecule has 2 aromatic carbocycles. The van der Waals surface area contributed by atoms with Crippen molar-refractivity contribution < 1.29 is 14.7 Å². The Balaban J connectivity index is 2.44. The van der Waals surface area contributed by atoms with Crippen LogP contribution in [-0.2, 0) is 0 Å². The second-order valence-electron chi connectivity index (χ2n) is 6.39. The van der Waals surface area contributed by atoms with Crippen molar-refractivity contribution in [1.29, 1.82) is 0 Å². The Labute approximate surface area is 155 Å². The molecule has 2 aromatic rings. The van der Waals surface area contributed by atoms with Gasteiger partial charge in [0.1, 0.15) is 0 Å². The van der Waals surface area contributed by atoms with E-state index in [1.165, 1.54) is 6.07 Å². The van der Waals surface area contributed by atoms with Crippen LogP contribution in [0.15, 0.2) is 48.5 Å². The number of nitrogens with zero attached hydrogens (tertiary/aromatic N) is 1. The number of rotatable bonds is 10. The van der Waals surface area contributed by atoms with E-state index >= 15 is 0 Å². The predicted octanol–water partition coefficient (Wildman–Crippen LogP) is 5.02. The van der Waals surface area contributed by atoms with Gasteiger partial charge in [0.15, 0.2) is 5.78 Å². The van der Waals surface area contributed by atoms with Crippen molar-refractivity contribution >= 4 is 17.4 Å². The van der Waals surface area contributed by atoms with Crippen molar-refractivity contribution in [2.75, 3.05) is 18.0 Å². The Bertz CT molecular complexity index is 747. The van der Waals surface area contributed by atoms with Crippen LogP contribution >= 0.6 is 0 Å². The maximum Gasteiger partial charge on any atom is 0.336 e. The fraction of sp³-hybridized carbons (Fsp3) is 0.364. The minimum absolute atomic E-state index is 0.0426. The highest BCUT2D eigenvalue weighted by atomic mass is 16.4. The molecule has 0 unspecified atom stereocenters. The van der Waals surface area contributed by atoms with Gasteiger partial charge in [-0.3, -0.25) is 4.79 Å². The smallest absolute Gasteiger partial charge is 0.336 e. The molecule has 0 aromatic heterocycles. The topological polar surface area (TPSA) is 57.6 Å². The van der Waals surface area contributed by atoms with E-state index in [0.717, 1.165) is 44.5 Å². The molecule has 0 heterocycles. The van der Waals surface area contributed by atoms with Crippen LogP contribution in [0.5, 0.6) is 0 Å². The van der Waals surface area contributed by atoms with Gasteiger partial charge in [0, 0.05) is 29.9 Å². The summed E-state index contributed by atoms with van der Waals surface area (Å²) in [5, 5.41) is 9.41. The Hall–Kier alpha value is -2.62. The summed E-state index contributed by atoms with van der Waals surface area (Å²) < 4.78 is 0. The quantitative estimate of drug-likeness (QED) is 0.609. The van der Waals surface area contributed by atoms with Crippen molar-refractivity contribution in [3.8, 4) is 0 Å². The zero-order valence-corrected chi connectivity index (χ0v) is 15.6. The molecule has 2 rings (SSSR count). The van der Waals surface area contributed by atoms with Crippen molar-refractivity contribution in [1.82, 2.24) is 0 Å². The van der Waals surface area contributed by atoms with Gasteiger partial charge in [0.2, 0.25) is 0 Å². The molecule has 0 atom stereocenters. The number of benzene rings is 2. The molecule has 1 N–H and O–H groups in total. The first-order chi connectivity index (χ1) is 12.6. The normalized spacial score (nSPS) is 10.5. The molecule has 0 fully saturated rings. The third-order valence-electron chi connectivity index (χ3n) is 4.45. The SMILES string of the molecule is CCCCN(CCCC)c1ccccc1C(=O)c1ccccc1C(=O)O. The third-order valence-corrected chi connectivity index (χ3v) is 4.45. The van der Waals surface area contributed by atoms with E-state index in [1.807, 2.05) is 18.2 Å². The number of ketones is 1. The van der Waals surface area contributed by atoms with Gasteiger partial charge in [0.25, 0.3) is 0 Å². The van der Waals surface area contributed by atoms with Gasteiger partial charge in [-0.2, -0.15) is 0 Å². The van der Waals surface area contributed by atoms with E-state index in [4.69, 9.17) is 0 Å². The Morgan fingerprint density at radius 1 is 0.808 bits per heavy atom. The lowest BCUT2D eigenvalue weighted by Gasteiger charge is -2.27. The van der Waals surface area contributed by atoms with Crippen LogP contribution < -0.4 is 4.90 Å². The lowest BCUT2D eigenvalue weighted by molar-refractivity contribution is 0.0693. The standard InChI is InChI=1S/C22H27NO3/c1-3-5-15-23(16-6-4-2)20-14-10-9-13-19(20)21(24)17-11-7-8-12-18(17)22(25)26/h7-14H,3-6,15-16H2,1-2H3,(H,25,26). The molecule has 0 saturated heterocycles. The van der Waals surface area contributed by atoms with Gasteiger partial charge < -0.3 is 10.0 Å². The molecule has 0 spiro atoms. The minimum Gasteiger partial charge on any atom is -0.478 e. The minimum atomic E-state index is -1.08. The third kappa shape index (κ3) is 4.72. The van der Waals surface area contributed by atoms with Gasteiger partial charge >= 0.3 is 5.97 Å². The molecule has 0 amide bonds. The summed E-state index contributed by atoms with van der Waals surface area (Å²) in [6.07, 6.45) is 4.27. The van der Waals surface area contributed by atoms with E-state index < -0.39 is 5.97 Å². The Kier molecular flexibility index (Phi) is 7.39. The van der Waals surface area contributed by atoms with Gasteiger partial charge in [-0.15, -0.1) is 0 Å². The number of carboxylic acid groups (broad SMARTS) is 1. The Morgan fingerprint density at radius 3 is 1.85 bits per heavy atom. The number of carboxylic acids is 1.